The summed E-state index contributed by atoms with van der Waals surface area (Å²) in [5.41, 5.74) is 0.539. The van der Waals surface area contributed by atoms with Crippen molar-refractivity contribution >= 4 is 11.6 Å². The van der Waals surface area contributed by atoms with E-state index in [-0.39, 0.29) is 12.6 Å². The van der Waals surface area contributed by atoms with Crippen LogP contribution in [0.4, 0.5) is 14.5 Å². The third kappa shape index (κ3) is 3.91. The molecule has 0 N–H and O–H groups in total. The summed E-state index contributed by atoms with van der Waals surface area (Å²) in [5.74, 6) is -1.29. The van der Waals surface area contributed by atoms with Crippen molar-refractivity contribution in [2.45, 2.75) is 51.0 Å². The van der Waals surface area contributed by atoms with Crippen LogP contribution >= 0.6 is 0 Å². The molecule has 1 spiro atoms. The van der Waals surface area contributed by atoms with Crippen LogP contribution in [0.25, 0.3) is 0 Å². The van der Waals surface area contributed by atoms with E-state index in [1.165, 1.54) is 4.90 Å². The molecule has 1 amide bonds. The molecule has 2 aliphatic heterocycles. The van der Waals surface area contributed by atoms with Gasteiger partial charge in [-0.2, -0.15) is 13.9 Å². The number of hydrogen-bond acceptors (Lipinski definition) is 4. The number of carbonyl (C=O) groups excluding carboxylic acids is 1. The first kappa shape index (κ1) is 20.0. The molecule has 0 unspecified atom stereocenters. The normalized spacial score (nSPS) is 21.8. The molecule has 0 radical (unpaired) electrons. The van der Waals surface area contributed by atoms with Gasteiger partial charge in [0, 0.05) is 37.6 Å². The van der Waals surface area contributed by atoms with Gasteiger partial charge >= 0.3 is 12.0 Å². The van der Waals surface area contributed by atoms with Gasteiger partial charge in [0.25, 0.3) is 0 Å². The summed E-state index contributed by atoms with van der Waals surface area (Å²) in [6.45, 7) is 6.26. The molecular formula is C21H26F2N4O2. The summed E-state index contributed by atoms with van der Waals surface area (Å²) in [6, 6.07) is 10.9. The van der Waals surface area contributed by atoms with Crippen molar-refractivity contribution in [3.63, 3.8) is 0 Å². The number of ether oxygens (including phenoxy) is 1. The highest BCUT2D eigenvalue weighted by molar-refractivity contribution is 5.98. The van der Waals surface area contributed by atoms with Crippen LogP contribution in [-0.4, -0.2) is 51.9 Å². The molecule has 0 aliphatic carbocycles. The first-order valence-electron chi connectivity index (χ1n) is 9.99. The molecule has 0 saturated carbocycles. The van der Waals surface area contributed by atoms with Gasteiger partial charge in [-0.05, 0) is 44.9 Å². The lowest BCUT2D eigenvalue weighted by Crippen LogP contribution is -2.64. The number of likely N-dealkylation sites (tertiary alicyclic amines) is 1. The predicted octanol–water partition coefficient (Wildman–Crippen LogP) is 3.45. The van der Waals surface area contributed by atoms with Crippen molar-refractivity contribution < 1.29 is 18.3 Å². The Morgan fingerprint density at radius 3 is 2.48 bits per heavy atom. The number of aromatic nitrogens is 2. The molecule has 6 nitrogen and oxygen atoms in total. The molecule has 29 heavy (non-hydrogen) atoms. The fourth-order valence-corrected chi connectivity index (χ4v) is 4.22. The van der Waals surface area contributed by atoms with Crippen LogP contribution in [0.3, 0.4) is 0 Å². The summed E-state index contributed by atoms with van der Waals surface area (Å²) >= 11 is 0. The van der Waals surface area contributed by atoms with Crippen molar-refractivity contribution in [2.24, 2.45) is 0 Å². The van der Waals surface area contributed by atoms with Crippen molar-refractivity contribution in [1.29, 1.82) is 0 Å². The van der Waals surface area contributed by atoms with E-state index >= 15 is 0 Å². The Bertz CT molecular complexity index is 861. The molecule has 8 heteroatoms. The van der Waals surface area contributed by atoms with E-state index < -0.39 is 17.6 Å². The second-order valence-corrected chi connectivity index (χ2v) is 8.17. The monoisotopic (exact) mass is 404 g/mol. The van der Waals surface area contributed by atoms with E-state index in [1.54, 1.807) is 36.5 Å². The summed E-state index contributed by atoms with van der Waals surface area (Å²) in [7, 11) is 0. The standard InChI is InChI=1S/C21H26F2N4O2/c1-16(2)27-18(8-11-24-27)14-25-12-9-20(10-13-25)15-26(17-6-4-3-5-7-17)19(28)21(22,23)29-20/h3-8,11,16H,9-10,12-15H2,1-2H3. The van der Waals surface area contributed by atoms with Crippen LogP contribution in [0.5, 0.6) is 0 Å². The van der Waals surface area contributed by atoms with E-state index in [2.05, 4.69) is 23.8 Å². The van der Waals surface area contributed by atoms with Gasteiger partial charge in [0.15, 0.2) is 0 Å². The number of rotatable bonds is 4. The number of halogens is 2. The maximum absolute atomic E-state index is 14.5. The van der Waals surface area contributed by atoms with Crippen molar-refractivity contribution in [3.05, 3.63) is 48.3 Å². The van der Waals surface area contributed by atoms with Gasteiger partial charge in [0.2, 0.25) is 0 Å². The zero-order valence-electron chi connectivity index (χ0n) is 16.7. The van der Waals surface area contributed by atoms with Crippen LogP contribution < -0.4 is 4.90 Å². The SMILES string of the molecule is CC(C)n1nccc1CN1CCC2(CC1)CN(c1ccccc1)C(=O)C(F)(F)O2. The number of para-hydroxylation sites is 1. The molecule has 156 valence electrons. The van der Waals surface area contributed by atoms with Gasteiger partial charge in [-0.3, -0.25) is 14.4 Å². The van der Waals surface area contributed by atoms with Crippen molar-refractivity contribution in [3.8, 4) is 0 Å². The van der Waals surface area contributed by atoms with Crippen LogP contribution in [0.1, 0.15) is 38.4 Å². The topological polar surface area (TPSA) is 50.6 Å². The molecule has 0 bridgehead atoms. The van der Waals surface area contributed by atoms with Crippen molar-refractivity contribution in [2.75, 3.05) is 24.5 Å². The fraction of sp³-hybridized carbons (Fsp3) is 0.524. The summed E-state index contributed by atoms with van der Waals surface area (Å²) in [6.07, 6.45) is -1.15. The Morgan fingerprint density at radius 1 is 1.14 bits per heavy atom. The minimum atomic E-state index is -3.81. The van der Waals surface area contributed by atoms with E-state index in [0.717, 1.165) is 5.69 Å². The molecule has 2 fully saturated rings. The third-order valence-electron chi connectivity index (χ3n) is 5.75. The number of carbonyl (C=O) groups is 1. The van der Waals surface area contributed by atoms with Gasteiger partial charge < -0.3 is 9.64 Å². The van der Waals surface area contributed by atoms with Crippen LogP contribution in [-0.2, 0) is 16.1 Å². The maximum atomic E-state index is 14.5. The van der Waals surface area contributed by atoms with Gasteiger partial charge in [-0.1, -0.05) is 18.2 Å². The Kier molecular flexibility index (Phi) is 5.16. The number of benzene rings is 1. The summed E-state index contributed by atoms with van der Waals surface area (Å²) in [5, 5.41) is 4.36. The zero-order valence-corrected chi connectivity index (χ0v) is 16.7. The minimum absolute atomic E-state index is 0.142. The summed E-state index contributed by atoms with van der Waals surface area (Å²) in [4.78, 5) is 15.7. The van der Waals surface area contributed by atoms with Crippen molar-refractivity contribution in [1.82, 2.24) is 14.7 Å². The number of anilines is 1. The largest absolute Gasteiger partial charge is 0.437 e. The van der Waals surface area contributed by atoms with Gasteiger partial charge in [-0.25, -0.2) is 0 Å². The zero-order chi connectivity index (χ0) is 20.6. The van der Waals surface area contributed by atoms with E-state index in [9.17, 15) is 13.6 Å². The third-order valence-corrected chi connectivity index (χ3v) is 5.75. The van der Waals surface area contributed by atoms with Crippen LogP contribution in [0.2, 0.25) is 0 Å². The van der Waals surface area contributed by atoms with Gasteiger partial charge in [0.1, 0.15) is 0 Å². The number of piperidine rings is 1. The minimum Gasteiger partial charge on any atom is -0.304 e. The summed E-state index contributed by atoms with van der Waals surface area (Å²) < 4.78 is 36.1. The molecule has 2 saturated heterocycles. The van der Waals surface area contributed by atoms with E-state index in [1.807, 2.05) is 10.7 Å². The molecule has 1 aromatic carbocycles. The highest BCUT2D eigenvalue weighted by Gasteiger charge is 2.57. The number of hydrogen-bond donors (Lipinski definition) is 0. The lowest BCUT2D eigenvalue weighted by Gasteiger charge is -2.48. The molecule has 3 heterocycles. The first-order chi connectivity index (χ1) is 13.8. The molecule has 4 rings (SSSR count). The van der Waals surface area contributed by atoms with Crippen LogP contribution in [0.15, 0.2) is 42.6 Å². The highest BCUT2D eigenvalue weighted by Crippen LogP contribution is 2.40. The van der Waals surface area contributed by atoms with Gasteiger partial charge in [-0.15, -0.1) is 0 Å². The molecule has 0 atom stereocenters. The Labute approximate surface area is 169 Å². The lowest BCUT2D eigenvalue weighted by molar-refractivity contribution is -0.293. The quantitative estimate of drug-likeness (QED) is 0.783. The Hall–Kier alpha value is -2.32. The number of nitrogens with zero attached hydrogens (tertiary/aromatic N) is 4. The van der Waals surface area contributed by atoms with E-state index in [4.69, 9.17) is 4.74 Å². The average Bonchev–Trinajstić information content (AvgIpc) is 3.16. The first-order valence-corrected chi connectivity index (χ1v) is 9.99. The second-order valence-electron chi connectivity index (χ2n) is 8.17. The molecular weight excluding hydrogens is 378 g/mol. The van der Waals surface area contributed by atoms with Crippen LogP contribution in [0, 0.1) is 0 Å². The number of amides is 1. The Balaban J connectivity index is 1.48. The average molecular weight is 404 g/mol. The molecule has 2 aliphatic rings. The number of alkyl halides is 2. The number of morpholine rings is 1. The molecule has 2 aromatic rings. The second kappa shape index (κ2) is 7.50. The predicted molar refractivity (Wildman–Crippen MR) is 105 cm³/mol. The maximum Gasteiger partial charge on any atom is 0.437 e. The fourth-order valence-electron chi connectivity index (χ4n) is 4.22. The Morgan fingerprint density at radius 2 is 1.83 bits per heavy atom. The van der Waals surface area contributed by atoms with Gasteiger partial charge in [0.05, 0.1) is 17.8 Å². The van der Waals surface area contributed by atoms with E-state index in [0.29, 0.717) is 38.2 Å². The highest BCUT2D eigenvalue weighted by atomic mass is 19.3. The lowest BCUT2D eigenvalue weighted by atomic mass is 9.88. The molecule has 1 aromatic heterocycles. The smallest absolute Gasteiger partial charge is 0.304 e.